The maximum atomic E-state index is 11.7. The van der Waals surface area contributed by atoms with Gasteiger partial charge in [-0.25, -0.2) is 8.42 Å². The van der Waals surface area contributed by atoms with Gasteiger partial charge in [-0.3, -0.25) is 0 Å². The number of hydrogen-bond donors (Lipinski definition) is 1. The first-order valence-electron chi connectivity index (χ1n) is 7.08. The SMILES string of the molecule is CCCCS(=O)(=O)CCNC1CCCCCC1. The lowest BCUT2D eigenvalue weighted by Crippen LogP contribution is -2.33. The van der Waals surface area contributed by atoms with Crippen molar-refractivity contribution in [3.8, 4) is 0 Å². The molecule has 0 amide bonds. The van der Waals surface area contributed by atoms with Gasteiger partial charge in [-0.15, -0.1) is 0 Å². The Kier molecular flexibility index (Phi) is 7.12. The molecule has 0 atom stereocenters. The van der Waals surface area contributed by atoms with Crippen LogP contribution < -0.4 is 5.32 Å². The van der Waals surface area contributed by atoms with Crippen LogP contribution in [0.2, 0.25) is 0 Å². The minimum absolute atomic E-state index is 0.309. The van der Waals surface area contributed by atoms with Crippen molar-refractivity contribution in [2.45, 2.75) is 64.3 Å². The van der Waals surface area contributed by atoms with E-state index in [2.05, 4.69) is 5.32 Å². The van der Waals surface area contributed by atoms with E-state index in [1.165, 1.54) is 38.5 Å². The second kappa shape index (κ2) is 8.09. The molecule has 1 saturated carbocycles. The van der Waals surface area contributed by atoms with Gasteiger partial charge in [-0.1, -0.05) is 39.0 Å². The zero-order valence-corrected chi connectivity index (χ0v) is 11.9. The Hall–Kier alpha value is -0.0900. The molecule has 0 radical (unpaired) electrons. The predicted molar refractivity (Wildman–Crippen MR) is 73.1 cm³/mol. The van der Waals surface area contributed by atoms with Crippen LogP contribution in [0.15, 0.2) is 0 Å². The summed E-state index contributed by atoms with van der Waals surface area (Å²) in [5.41, 5.74) is 0. The van der Waals surface area contributed by atoms with E-state index < -0.39 is 9.84 Å². The standard InChI is InChI=1S/C13H27NO2S/c1-2-3-11-17(15,16)12-10-14-13-8-6-4-5-7-9-13/h13-14H,2-12H2,1H3. The molecule has 1 aliphatic carbocycles. The van der Waals surface area contributed by atoms with Crippen LogP contribution in [-0.4, -0.2) is 32.5 Å². The van der Waals surface area contributed by atoms with Crippen LogP contribution in [-0.2, 0) is 9.84 Å². The lowest BCUT2D eigenvalue weighted by Gasteiger charge is -2.15. The Morgan fingerprint density at radius 3 is 2.29 bits per heavy atom. The van der Waals surface area contributed by atoms with E-state index in [1.807, 2.05) is 6.92 Å². The average molecular weight is 261 g/mol. The summed E-state index contributed by atoms with van der Waals surface area (Å²) in [4.78, 5) is 0. The van der Waals surface area contributed by atoms with E-state index in [0.29, 0.717) is 24.1 Å². The van der Waals surface area contributed by atoms with Crippen molar-refractivity contribution >= 4 is 9.84 Å². The zero-order chi connectivity index (χ0) is 12.6. The van der Waals surface area contributed by atoms with Crippen molar-refractivity contribution in [1.82, 2.24) is 5.32 Å². The van der Waals surface area contributed by atoms with Crippen molar-refractivity contribution in [2.24, 2.45) is 0 Å². The van der Waals surface area contributed by atoms with Crippen molar-refractivity contribution < 1.29 is 8.42 Å². The molecule has 0 aliphatic heterocycles. The van der Waals surface area contributed by atoms with Crippen LogP contribution in [0, 0.1) is 0 Å². The molecule has 0 heterocycles. The molecule has 3 nitrogen and oxygen atoms in total. The topological polar surface area (TPSA) is 46.2 Å². The lowest BCUT2D eigenvalue weighted by molar-refractivity contribution is 0.471. The second-order valence-corrected chi connectivity index (χ2v) is 7.45. The fourth-order valence-corrected chi connectivity index (χ4v) is 3.73. The molecule has 1 fully saturated rings. The van der Waals surface area contributed by atoms with E-state index in [4.69, 9.17) is 0 Å². The first-order chi connectivity index (χ1) is 8.14. The smallest absolute Gasteiger partial charge is 0.151 e. The monoisotopic (exact) mass is 261 g/mol. The molecular formula is C13H27NO2S. The molecule has 0 spiro atoms. The highest BCUT2D eigenvalue weighted by Gasteiger charge is 2.14. The molecule has 0 unspecified atom stereocenters. The van der Waals surface area contributed by atoms with Gasteiger partial charge in [-0.05, 0) is 19.3 Å². The molecule has 1 aliphatic rings. The van der Waals surface area contributed by atoms with Gasteiger partial charge < -0.3 is 5.32 Å². The molecule has 17 heavy (non-hydrogen) atoms. The highest BCUT2D eigenvalue weighted by Crippen LogP contribution is 2.16. The predicted octanol–water partition coefficient (Wildman–Crippen LogP) is 2.51. The fraction of sp³-hybridized carbons (Fsp3) is 1.00. The molecule has 0 bridgehead atoms. The van der Waals surface area contributed by atoms with Crippen LogP contribution in [0.1, 0.15) is 58.3 Å². The molecule has 102 valence electrons. The Morgan fingerprint density at radius 1 is 1.06 bits per heavy atom. The summed E-state index contributed by atoms with van der Waals surface area (Å²) in [6.07, 6.45) is 9.45. The summed E-state index contributed by atoms with van der Waals surface area (Å²) in [6, 6.07) is 0.555. The first-order valence-corrected chi connectivity index (χ1v) is 8.90. The quantitative estimate of drug-likeness (QED) is 0.716. The highest BCUT2D eigenvalue weighted by molar-refractivity contribution is 7.91. The van der Waals surface area contributed by atoms with Gasteiger partial charge in [0.05, 0.1) is 11.5 Å². The summed E-state index contributed by atoms with van der Waals surface area (Å²) in [6.45, 7) is 2.66. The Morgan fingerprint density at radius 2 is 1.71 bits per heavy atom. The van der Waals surface area contributed by atoms with Gasteiger partial charge in [0.1, 0.15) is 0 Å². The van der Waals surface area contributed by atoms with Gasteiger partial charge in [0, 0.05) is 12.6 Å². The minimum atomic E-state index is -2.82. The first kappa shape index (κ1) is 15.0. The number of unbranched alkanes of at least 4 members (excludes halogenated alkanes) is 1. The summed E-state index contributed by atoms with van der Waals surface area (Å²) >= 11 is 0. The highest BCUT2D eigenvalue weighted by atomic mass is 32.2. The largest absolute Gasteiger partial charge is 0.313 e. The number of sulfone groups is 1. The maximum absolute atomic E-state index is 11.7. The summed E-state index contributed by atoms with van der Waals surface area (Å²) < 4.78 is 23.3. The zero-order valence-electron chi connectivity index (χ0n) is 11.1. The van der Waals surface area contributed by atoms with E-state index in [9.17, 15) is 8.42 Å². The van der Waals surface area contributed by atoms with Gasteiger partial charge in [-0.2, -0.15) is 0 Å². The van der Waals surface area contributed by atoms with Crippen molar-refractivity contribution in [2.75, 3.05) is 18.1 Å². The Balaban J connectivity index is 2.17. The van der Waals surface area contributed by atoms with Crippen LogP contribution in [0.5, 0.6) is 0 Å². The summed E-state index contributed by atoms with van der Waals surface area (Å²) in [7, 11) is -2.82. The molecule has 0 aromatic heterocycles. The number of rotatable bonds is 7. The van der Waals surface area contributed by atoms with Gasteiger partial charge in [0.2, 0.25) is 0 Å². The summed E-state index contributed by atoms with van der Waals surface area (Å²) in [5.74, 6) is 0.666. The fourth-order valence-electron chi connectivity index (χ4n) is 2.37. The van der Waals surface area contributed by atoms with Gasteiger partial charge >= 0.3 is 0 Å². The van der Waals surface area contributed by atoms with Crippen molar-refractivity contribution in [3.05, 3.63) is 0 Å². The van der Waals surface area contributed by atoms with Crippen LogP contribution in [0.3, 0.4) is 0 Å². The molecular weight excluding hydrogens is 234 g/mol. The van der Waals surface area contributed by atoms with Gasteiger partial charge in [0.25, 0.3) is 0 Å². The molecule has 0 saturated heterocycles. The average Bonchev–Trinajstić information content (AvgIpc) is 2.55. The van der Waals surface area contributed by atoms with E-state index >= 15 is 0 Å². The van der Waals surface area contributed by atoms with Crippen molar-refractivity contribution in [1.29, 1.82) is 0 Å². The number of hydrogen-bond acceptors (Lipinski definition) is 3. The van der Waals surface area contributed by atoms with Gasteiger partial charge in [0.15, 0.2) is 9.84 Å². The third-order valence-electron chi connectivity index (χ3n) is 3.51. The lowest BCUT2D eigenvalue weighted by atomic mass is 10.1. The Bertz CT molecular complexity index is 280. The van der Waals surface area contributed by atoms with Crippen LogP contribution in [0.25, 0.3) is 0 Å². The summed E-state index contributed by atoms with van der Waals surface area (Å²) in [5, 5.41) is 3.41. The minimum Gasteiger partial charge on any atom is -0.313 e. The van der Waals surface area contributed by atoms with Crippen LogP contribution in [0.4, 0.5) is 0 Å². The number of nitrogens with one attached hydrogen (secondary N) is 1. The molecule has 4 heteroatoms. The molecule has 1 N–H and O–H groups in total. The molecule has 1 rings (SSSR count). The van der Waals surface area contributed by atoms with E-state index in [0.717, 1.165) is 12.8 Å². The van der Waals surface area contributed by atoms with E-state index in [1.54, 1.807) is 0 Å². The van der Waals surface area contributed by atoms with E-state index in [-0.39, 0.29) is 0 Å². The third kappa shape index (κ3) is 7.04. The maximum Gasteiger partial charge on any atom is 0.151 e. The normalized spacial score (nSPS) is 19.1. The Labute approximate surface area is 106 Å². The second-order valence-electron chi connectivity index (χ2n) is 5.15. The van der Waals surface area contributed by atoms with Crippen molar-refractivity contribution in [3.63, 3.8) is 0 Å². The molecule has 0 aromatic rings. The third-order valence-corrected chi connectivity index (χ3v) is 5.25. The van der Waals surface area contributed by atoms with Crippen LogP contribution >= 0.6 is 0 Å². The molecule has 0 aromatic carbocycles.